The van der Waals surface area contributed by atoms with Crippen molar-refractivity contribution in [3.63, 3.8) is 0 Å². The minimum atomic E-state index is -0.276. The Morgan fingerprint density at radius 2 is 2.22 bits per heavy atom. The van der Waals surface area contributed by atoms with Crippen molar-refractivity contribution < 1.29 is 5.11 Å². The first-order chi connectivity index (χ1) is 8.63. The van der Waals surface area contributed by atoms with E-state index in [0.29, 0.717) is 11.8 Å². The lowest BCUT2D eigenvalue weighted by molar-refractivity contribution is 0.0700. The number of β-amino-alcohol motifs (C(OH)–C–C–N with tert-alkyl or cyclic N) is 1. The van der Waals surface area contributed by atoms with Gasteiger partial charge >= 0.3 is 0 Å². The molecule has 0 spiro atoms. The van der Waals surface area contributed by atoms with Gasteiger partial charge in [0.15, 0.2) is 0 Å². The predicted octanol–water partition coefficient (Wildman–Crippen LogP) is 0.648. The van der Waals surface area contributed by atoms with E-state index in [1.54, 1.807) is 6.07 Å². The van der Waals surface area contributed by atoms with Gasteiger partial charge in [0, 0.05) is 43.9 Å². The molecule has 1 aromatic rings. The first-order valence-corrected chi connectivity index (χ1v) is 6.73. The van der Waals surface area contributed by atoms with E-state index in [2.05, 4.69) is 11.0 Å². The van der Waals surface area contributed by atoms with Crippen molar-refractivity contribution >= 4 is 0 Å². The van der Waals surface area contributed by atoms with Crippen LogP contribution in [-0.4, -0.2) is 40.3 Å². The number of rotatable bonds is 2. The first-order valence-electron chi connectivity index (χ1n) is 6.73. The molecule has 3 atom stereocenters. The van der Waals surface area contributed by atoms with Gasteiger partial charge in [0.05, 0.1) is 6.10 Å². The number of pyridine rings is 1. The highest BCUT2D eigenvalue weighted by atomic mass is 16.3. The minimum absolute atomic E-state index is 0.131. The lowest BCUT2D eigenvalue weighted by Gasteiger charge is -2.43. The van der Waals surface area contributed by atoms with Gasteiger partial charge < -0.3 is 9.67 Å². The van der Waals surface area contributed by atoms with E-state index in [1.165, 1.54) is 12.1 Å². The van der Waals surface area contributed by atoms with E-state index in [9.17, 15) is 9.90 Å². The normalized spacial score (nSPS) is 28.8. The van der Waals surface area contributed by atoms with E-state index in [1.807, 2.05) is 17.6 Å². The number of aromatic nitrogens is 1. The summed E-state index contributed by atoms with van der Waals surface area (Å²) in [6.45, 7) is 5.38. The molecule has 1 unspecified atom stereocenters. The van der Waals surface area contributed by atoms with Crippen LogP contribution in [0.5, 0.6) is 0 Å². The predicted molar refractivity (Wildman–Crippen MR) is 69.7 cm³/mol. The van der Waals surface area contributed by atoms with Crippen LogP contribution in [0.25, 0.3) is 0 Å². The van der Waals surface area contributed by atoms with Crippen molar-refractivity contribution in [3.05, 3.63) is 34.2 Å². The number of nitrogens with zero attached hydrogens (tertiary/aromatic N) is 2. The summed E-state index contributed by atoms with van der Waals surface area (Å²) in [5, 5.41) is 9.51. The van der Waals surface area contributed by atoms with Crippen molar-refractivity contribution in [1.82, 2.24) is 9.47 Å². The van der Waals surface area contributed by atoms with Crippen molar-refractivity contribution in [2.75, 3.05) is 19.6 Å². The topological polar surface area (TPSA) is 45.5 Å². The maximum Gasteiger partial charge on any atom is 0.250 e. The molecule has 3 heterocycles. The molecule has 18 heavy (non-hydrogen) atoms. The Hall–Kier alpha value is -1.13. The Morgan fingerprint density at radius 1 is 1.39 bits per heavy atom. The molecule has 1 aromatic heterocycles. The Bertz CT molecular complexity index is 495. The van der Waals surface area contributed by atoms with Gasteiger partial charge in [-0.1, -0.05) is 6.07 Å². The van der Waals surface area contributed by atoms with Gasteiger partial charge in [-0.25, -0.2) is 0 Å². The molecular formula is C14H20N2O2. The molecule has 0 amide bonds. The van der Waals surface area contributed by atoms with Crippen LogP contribution in [-0.2, 0) is 6.54 Å². The molecule has 1 fully saturated rings. The van der Waals surface area contributed by atoms with E-state index in [0.717, 1.165) is 26.2 Å². The largest absolute Gasteiger partial charge is 0.392 e. The molecular weight excluding hydrogens is 228 g/mol. The Labute approximate surface area is 107 Å². The van der Waals surface area contributed by atoms with Gasteiger partial charge in [-0.05, 0) is 25.3 Å². The second-order valence-electron chi connectivity index (χ2n) is 5.77. The number of piperidine rings is 1. The number of hydrogen-bond donors (Lipinski definition) is 1. The van der Waals surface area contributed by atoms with Gasteiger partial charge in [0.1, 0.15) is 0 Å². The summed E-state index contributed by atoms with van der Waals surface area (Å²) in [7, 11) is 0. The monoisotopic (exact) mass is 248 g/mol. The highest BCUT2D eigenvalue weighted by Gasteiger charge is 2.34. The summed E-state index contributed by atoms with van der Waals surface area (Å²) in [4.78, 5) is 14.2. The maximum absolute atomic E-state index is 11.9. The van der Waals surface area contributed by atoms with Crippen LogP contribution in [0, 0.1) is 5.92 Å². The molecule has 0 saturated carbocycles. The van der Waals surface area contributed by atoms with Gasteiger partial charge in [-0.3, -0.25) is 9.69 Å². The fourth-order valence-corrected chi connectivity index (χ4v) is 3.52. The second kappa shape index (κ2) is 4.52. The molecule has 4 heteroatoms. The number of likely N-dealkylation sites (tertiary alicyclic amines) is 1. The molecule has 3 rings (SSSR count). The number of fused-ring (bicyclic) bond motifs is 4. The molecule has 0 radical (unpaired) electrons. The summed E-state index contributed by atoms with van der Waals surface area (Å²) in [5.41, 5.74) is 1.31. The maximum atomic E-state index is 11.9. The fourth-order valence-electron chi connectivity index (χ4n) is 3.52. The van der Waals surface area contributed by atoms with Gasteiger partial charge in [0.25, 0.3) is 5.56 Å². The second-order valence-corrected chi connectivity index (χ2v) is 5.77. The van der Waals surface area contributed by atoms with Crippen molar-refractivity contribution in [2.45, 2.75) is 31.9 Å². The Morgan fingerprint density at radius 3 is 3.00 bits per heavy atom. The quantitative estimate of drug-likeness (QED) is 0.836. The molecule has 2 aliphatic heterocycles. The van der Waals surface area contributed by atoms with Crippen LogP contribution in [0.4, 0.5) is 0 Å². The number of hydrogen-bond acceptors (Lipinski definition) is 3. The van der Waals surface area contributed by atoms with Crippen LogP contribution in [0.3, 0.4) is 0 Å². The highest BCUT2D eigenvalue weighted by molar-refractivity contribution is 5.16. The third-order valence-electron chi connectivity index (χ3n) is 4.08. The summed E-state index contributed by atoms with van der Waals surface area (Å²) in [6.07, 6.45) is 0.904. The summed E-state index contributed by atoms with van der Waals surface area (Å²) >= 11 is 0. The van der Waals surface area contributed by atoms with E-state index >= 15 is 0 Å². The third kappa shape index (κ3) is 2.10. The number of aliphatic hydroxyl groups is 1. The van der Waals surface area contributed by atoms with Crippen molar-refractivity contribution in [1.29, 1.82) is 0 Å². The average molecular weight is 248 g/mol. The van der Waals surface area contributed by atoms with E-state index in [4.69, 9.17) is 0 Å². The molecule has 0 aliphatic carbocycles. The van der Waals surface area contributed by atoms with Crippen LogP contribution in [0.1, 0.15) is 25.0 Å². The molecule has 0 aromatic carbocycles. The standard InChI is InChI=1S/C14H20N2O2/c1-10(17)6-15-7-11-5-12(9-15)13-3-2-4-14(18)16(13)8-11/h2-4,10-12,17H,5-9H2,1H3/t10?,11-,12+/m0/s1. The summed E-state index contributed by atoms with van der Waals surface area (Å²) in [5.74, 6) is 1.00. The molecule has 2 bridgehead atoms. The first kappa shape index (κ1) is 11.9. The van der Waals surface area contributed by atoms with Crippen LogP contribution in [0.15, 0.2) is 23.0 Å². The summed E-state index contributed by atoms with van der Waals surface area (Å²) < 4.78 is 1.94. The van der Waals surface area contributed by atoms with E-state index < -0.39 is 0 Å². The zero-order valence-electron chi connectivity index (χ0n) is 10.7. The van der Waals surface area contributed by atoms with Gasteiger partial charge in [-0.2, -0.15) is 0 Å². The molecule has 4 nitrogen and oxygen atoms in total. The molecule has 98 valence electrons. The van der Waals surface area contributed by atoms with Gasteiger partial charge in [0.2, 0.25) is 0 Å². The number of aliphatic hydroxyl groups excluding tert-OH is 1. The average Bonchev–Trinajstić information content (AvgIpc) is 2.29. The molecule has 2 aliphatic rings. The van der Waals surface area contributed by atoms with Crippen LogP contribution in [0.2, 0.25) is 0 Å². The van der Waals surface area contributed by atoms with Crippen LogP contribution < -0.4 is 5.56 Å². The lowest BCUT2D eigenvalue weighted by Crippen LogP contribution is -2.48. The Kier molecular flexibility index (Phi) is 2.99. The van der Waals surface area contributed by atoms with Gasteiger partial charge in [-0.15, -0.1) is 0 Å². The molecule has 1 saturated heterocycles. The zero-order valence-corrected chi connectivity index (χ0v) is 10.7. The summed E-state index contributed by atoms with van der Waals surface area (Å²) in [6, 6.07) is 5.59. The van der Waals surface area contributed by atoms with Crippen molar-refractivity contribution in [3.8, 4) is 0 Å². The van der Waals surface area contributed by atoms with E-state index in [-0.39, 0.29) is 11.7 Å². The Balaban J connectivity index is 1.88. The van der Waals surface area contributed by atoms with Crippen LogP contribution >= 0.6 is 0 Å². The molecule has 1 N–H and O–H groups in total. The zero-order chi connectivity index (χ0) is 12.7. The van der Waals surface area contributed by atoms with Crippen molar-refractivity contribution in [2.24, 2.45) is 5.92 Å². The minimum Gasteiger partial charge on any atom is -0.392 e. The smallest absolute Gasteiger partial charge is 0.250 e. The lowest BCUT2D eigenvalue weighted by atomic mass is 9.83. The third-order valence-corrected chi connectivity index (χ3v) is 4.08. The SMILES string of the molecule is CC(O)CN1C[C@@H]2C[C@H](C1)c1cccc(=O)n1C2. The fraction of sp³-hybridized carbons (Fsp3) is 0.643. The highest BCUT2D eigenvalue weighted by Crippen LogP contribution is 2.34.